The van der Waals surface area contributed by atoms with E-state index in [9.17, 15) is 9.59 Å². The van der Waals surface area contributed by atoms with Gasteiger partial charge in [-0.15, -0.1) is 0 Å². The average molecular weight is 502 g/mol. The Bertz CT molecular complexity index is 890. The van der Waals surface area contributed by atoms with Crippen LogP contribution in [0.15, 0.2) is 81.7 Å². The van der Waals surface area contributed by atoms with Crippen LogP contribution in [0.25, 0.3) is 0 Å². The molecule has 0 aliphatic rings. The van der Waals surface area contributed by atoms with E-state index in [1.54, 1.807) is 12.1 Å². The van der Waals surface area contributed by atoms with Crippen molar-refractivity contribution >= 4 is 55.0 Å². The highest BCUT2D eigenvalue weighted by Gasteiger charge is 2.11. The van der Waals surface area contributed by atoms with Gasteiger partial charge in [-0.05, 0) is 47.5 Å². The van der Waals surface area contributed by atoms with E-state index in [-0.39, 0.29) is 24.7 Å². The minimum absolute atomic E-state index is 0.142. The summed E-state index contributed by atoms with van der Waals surface area (Å²) < 4.78 is 1.94. The van der Waals surface area contributed by atoms with E-state index in [2.05, 4.69) is 42.5 Å². The van der Waals surface area contributed by atoms with Gasteiger partial charge in [-0.1, -0.05) is 68.3 Å². The molecule has 0 atom stereocenters. The highest BCUT2D eigenvalue weighted by molar-refractivity contribution is 9.10. The van der Waals surface area contributed by atoms with Crippen LogP contribution in [0.1, 0.15) is 11.1 Å². The van der Waals surface area contributed by atoms with Crippen LogP contribution in [-0.4, -0.2) is 11.8 Å². The maximum Gasteiger partial charge on any atom is 0.228 e. The predicted molar refractivity (Wildman–Crippen MR) is 119 cm³/mol. The van der Waals surface area contributed by atoms with Crippen molar-refractivity contribution in [1.29, 1.82) is 0 Å². The molecule has 0 spiro atoms. The summed E-state index contributed by atoms with van der Waals surface area (Å²) in [6.45, 7) is 0. The fourth-order valence-electron chi connectivity index (χ4n) is 2.67. The molecule has 6 heteroatoms. The number of rotatable bonds is 6. The number of carbonyl (C=O) groups excluding carboxylic acids is 2. The van der Waals surface area contributed by atoms with Gasteiger partial charge < -0.3 is 10.6 Å². The summed E-state index contributed by atoms with van der Waals surface area (Å²) >= 11 is 6.76. The Balaban J connectivity index is 1.63. The molecular formula is C22H18Br2N2O2. The Morgan fingerprint density at radius 2 is 0.964 bits per heavy atom. The van der Waals surface area contributed by atoms with Crippen LogP contribution in [-0.2, 0) is 22.4 Å². The minimum atomic E-state index is -0.142. The smallest absolute Gasteiger partial charge is 0.228 e. The number of anilines is 2. The molecule has 4 nitrogen and oxygen atoms in total. The molecule has 2 N–H and O–H groups in total. The average Bonchev–Trinajstić information content (AvgIpc) is 2.67. The van der Waals surface area contributed by atoms with Crippen molar-refractivity contribution in [3.05, 3.63) is 92.9 Å². The van der Waals surface area contributed by atoms with Gasteiger partial charge in [0, 0.05) is 8.95 Å². The van der Waals surface area contributed by atoms with E-state index in [1.807, 2.05) is 60.7 Å². The molecule has 28 heavy (non-hydrogen) atoms. The zero-order chi connectivity index (χ0) is 19.9. The first-order valence-electron chi connectivity index (χ1n) is 8.67. The van der Waals surface area contributed by atoms with Crippen LogP contribution in [0.4, 0.5) is 11.4 Å². The van der Waals surface area contributed by atoms with Crippen molar-refractivity contribution in [1.82, 2.24) is 0 Å². The number of para-hydroxylation sites is 2. The molecule has 0 aliphatic heterocycles. The first-order valence-corrected chi connectivity index (χ1v) is 10.3. The molecule has 0 aromatic heterocycles. The van der Waals surface area contributed by atoms with Crippen LogP contribution in [0.2, 0.25) is 0 Å². The molecule has 3 rings (SSSR count). The molecule has 0 radical (unpaired) electrons. The van der Waals surface area contributed by atoms with Crippen molar-refractivity contribution in [2.45, 2.75) is 12.8 Å². The molecule has 3 aromatic rings. The highest BCUT2D eigenvalue weighted by Crippen LogP contribution is 2.22. The molecule has 142 valence electrons. The summed E-state index contributed by atoms with van der Waals surface area (Å²) in [5, 5.41) is 5.76. The van der Waals surface area contributed by atoms with Gasteiger partial charge in [-0.3, -0.25) is 9.59 Å². The van der Waals surface area contributed by atoms with E-state index < -0.39 is 0 Å². The van der Waals surface area contributed by atoms with E-state index in [0.29, 0.717) is 11.4 Å². The molecule has 0 aliphatic carbocycles. The van der Waals surface area contributed by atoms with Crippen molar-refractivity contribution in [3.63, 3.8) is 0 Å². The van der Waals surface area contributed by atoms with Crippen molar-refractivity contribution in [2.75, 3.05) is 10.6 Å². The van der Waals surface area contributed by atoms with E-state index in [0.717, 1.165) is 20.1 Å². The molecule has 0 fully saturated rings. The lowest BCUT2D eigenvalue weighted by molar-refractivity contribution is -0.116. The largest absolute Gasteiger partial charge is 0.324 e. The quantitative estimate of drug-likeness (QED) is 0.463. The number of halogens is 2. The van der Waals surface area contributed by atoms with E-state index in [4.69, 9.17) is 0 Å². The van der Waals surface area contributed by atoms with Crippen molar-refractivity contribution in [3.8, 4) is 0 Å². The lowest BCUT2D eigenvalue weighted by atomic mass is 10.1. The van der Waals surface area contributed by atoms with Crippen LogP contribution >= 0.6 is 31.9 Å². The van der Waals surface area contributed by atoms with Gasteiger partial charge in [-0.25, -0.2) is 0 Å². The topological polar surface area (TPSA) is 58.2 Å². The summed E-state index contributed by atoms with van der Waals surface area (Å²) in [7, 11) is 0. The van der Waals surface area contributed by atoms with Crippen LogP contribution < -0.4 is 10.6 Å². The van der Waals surface area contributed by atoms with Gasteiger partial charge in [0.25, 0.3) is 0 Å². The van der Waals surface area contributed by atoms with Gasteiger partial charge in [0.15, 0.2) is 0 Å². The highest BCUT2D eigenvalue weighted by atomic mass is 79.9. The molecule has 0 unspecified atom stereocenters. The molecule has 3 aromatic carbocycles. The maximum absolute atomic E-state index is 12.4. The molecular weight excluding hydrogens is 484 g/mol. The SMILES string of the molecule is O=C(Cc1ccc(Br)cc1)Nc1ccccc1NC(=O)Cc1ccc(Br)cc1. The molecule has 0 heterocycles. The van der Waals surface area contributed by atoms with Crippen LogP contribution in [0, 0.1) is 0 Å². The molecule has 0 saturated heterocycles. The van der Waals surface area contributed by atoms with Crippen LogP contribution in [0.3, 0.4) is 0 Å². The Labute approximate surface area is 180 Å². The summed E-state index contributed by atoms with van der Waals surface area (Å²) in [4.78, 5) is 24.8. The zero-order valence-electron chi connectivity index (χ0n) is 14.9. The third-order valence-corrected chi connectivity index (χ3v) is 5.09. The maximum atomic E-state index is 12.4. The molecule has 2 amide bonds. The Hall–Kier alpha value is -2.44. The Morgan fingerprint density at radius 1 is 0.607 bits per heavy atom. The van der Waals surface area contributed by atoms with Crippen molar-refractivity contribution < 1.29 is 9.59 Å². The van der Waals surface area contributed by atoms with E-state index in [1.165, 1.54) is 0 Å². The zero-order valence-corrected chi connectivity index (χ0v) is 18.1. The number of nitrogens with one attached hydrogen (secondary N) is 2. The summed E-state index contributed by atoms with van der Waals surface area (Å²) in [5.74, 6) is -0.283. The number of benzene rings is 3. The number of carbonyl (C=O) groups is 2. The monoisotopic (exact) mass is 500 g/mol. The molecule has 0 saturated carbocycles. The van der Waals surface area contributed by atoms with Crippen molar-refractivity contribution in [2.24, 2.45) is 0 Å². The lowest BCUT2D eigenvalue weighted by Gasteiger charge is -2.12. The number of hydrogen-bond donors (Lipinski definition) is 2. The second-order valence-corrected chi connectivity index (χ2v) is 8.08. The Kier molecular flexibility index (Phi) is 7.01. The second-order valence-electron chi connectivity index (χ2n) is 6.25. The Morgan fingerprint density at radius 3 is 1.32 bits per heavy atom. The van der Waals surface area contributed by atoms with Gasteiger partial charge in [0.1, 0.15) is 0 Å². The second kappa shape index (κ2) is 9.66. The lowest BCUT2D eigenvalue weighted by Crippen LogP contribution is -2.19. The fourth-order valence-corrected chi connectivity index (χ4v) is 3.19. The third kappa shape index (κ3) is 6.04. The standard InChI is InChI=1S/C22H18Br2N2O2/c23-17-9-5-15(6-10-17)13-21(27)25-19-3-1-2-4-20(19)26-22(28)14-16-7-11-18(24)12-8-16/h1-12H,13-14H2,(H,25,27)(H,26,28). The van der Waals surface area contributed by atoms with Gasteiger partial charge in [0.2, 0.25) is 11.8 Å². The third-order valence-electron chi connectivity index (χ3n) is 4.03. The first-order chi connectivity index (χ1) is 13.5. The van der Waals surface area contributed by atoms with E-state index >= 15 is 0 Å². The predicted octanol–water partition coefficient (Wildman–Crippen LogP) is 5.57. The minimum Gasteiger partial charge on any atom is -0.324 e. The van der Waals surface area contributed by atoms with Gasteiger partial charge >= 0.3 is 0 Å². The molecule has 0 bridgehead atoms. The summed E-state index contributed by atoms with van der Waals surface area (Å²) in [6, 6.07) is 22.4. The number of amides is 2. The first kappa shape index (κ1) is 20.3. The summed E-state index contributed by atoms with van der Waals surface area (Å²) in [6.07, 6.45) is 0.517. The van der Waals surface area contributed by atoms with Gasteiger partial charge in [0.05, 0.1) is 24.2 Å². The summed E-state index contributed by atoms with van der Waals surface area (Å²) in [5.41, 5.74) is 2.98. The fraction of sp³-hybridized carbons (Fsp3) is 0.0909. The van der Waals surface area contributed by atoms with Crippen LogP contribution in [0.5, 0.6) is 0 Å². The number of hydrogen-bond acceptors (Lipinski definition) is 2. The van der Waals surface area contributed by atoms with Gasteiger partial charge in [-0.2, -0.15) is 0 Å². The normalized spacial score (nSPS) is 10.4.